The number of carboxylic acids is 2. The monoisotopic (exact) mass is 392 g/mol. The number of benzene rings is 1. The SMILES string of the molecule is NC(CCCCC(=O)O)C(=O)c1ccc(C(=O)C(N)CCCCC(=O)O)cc1. The second-order valence-corrected chi connectivity index (χ2v) is 6.80. The van der Waals surface area contributed by atoms with E-state index in [1.54, 1.807) is 0 Å². The summed E-state index contributed by atoms with van der Waals surface area (Å²) in [6.45, 7) is 0. The van der Waals surface area contributed by atoms with Crippen molar-refractivity contribution in [1.29, 1.82) is 0 Å². The van der Waals surface area contributed by atoms with Crippen molar-refractivity contribution in [1.82, 2.24) is 0 Å². The number of hydrogen-bond acceptors (Lipinski definition) is 6. The number of rotatable bonds is 14. The van der Waals surface area contributed by atoms with Gasteiger partial charge < -0.3 is 21.7 Å². The maximum absolute atomic E-state index is 12.3. The van der Waals surface area contributed by atoms with E-state index in [4.69, 9.17) is 21.7 Å². The van der Waals surface area contributed by atoms with Crippen LogP contribution in [0.1, 0.15) is 72.1 Å². The molecule has 1 rings (SSSR count). The Labute approximate surface area is 163 Å². The number of aliphatic carboxylic acids is 2. The average Bonchev–Trinajstić information content (AvgIpc) is 2.66. The van der Waals surface area contributed by atoms with Crippen LogP contribution < -0.4 is 11.5 Å². The van der Waals surface area contributed by atoms with Gasteiger partial charge in [-0.25, -0.2) is 0 Å². The minimum atomic E-state index is -0.875. The first-order valence-corrected chi connectivity index (χ1v) is 9.35. The zero-order valence-electron chi connectivity index (χ0n) is 15.8. The van der Waals surface area contributed by atoms with Crippen LogP contribution in [0, 0.1) is 0 Å². The second kappa shape index (κ2) is 12.0. The van der Waals surface area contributed by atoms with Crippen LogP contribution in [0.4, 0.5) is 0 Å². The summed E-state index contributed by atoms with van der Waals surface area (Å²) >= 11 is 0. The molecule has 0 saturated heterocycles. The summed E-state index contributed by atoms with van der Waals surface area (Å²) in [5, 5.41) is 17.2. The molecular weight excluding hydrogens is 364 g/mol. The van der Waals surface area contributed by atoms with E-state index in [1.807, 2.05) is 0 Å². The van der Waals surface area contributed by atoms with Crippen molar-refractivity contribution >= 4 is 23.5 Å². The molecular formula is C20H28N2O6. The number of carbonyl (C=O) groups excluding carboxylic acids is 2. The van der Waals surface area contributed by atoms with E-state index in [0.717, 1.165) is 0 Å². The first kappa shape index (κ1) is 23.5. The highest BCUT2D eigenvalue weighted by atomic mass is 16.4. The molecule has 0 aromatic heterocycles. The lowest BCUT2D eigenvalue weighted by Crippen LogP contribution is -2.31. The molecule has 154 valence electrons. The van der Waals surface area contributed by atoms with Crippen molar-refractivity contribution in [2.24, 2.45) is 11.5 Å². The fourth-order valence-corrected chi connectivity index (χ4v) is 2.77. The molecule has 28 heavy (non-hydrogen) atoms. The third-order valence-corrected chi connectivity index (χ3v) is 4.44. The van der Waals surface area contributed by atoms with Gasteiger partial charge in [-0.2, -0.15) is 0 Å². The Morgan fingerprint density at radius 3 is 1.29 bits per heavy atom. The highest BCUT2D eigenvalue weighted by molar-refractivity contribution is 6.03. The van der Waals surface area contributed by atoms with Crippen LogP contribution >= 0.6 is 0 Å². The van der Waals surface area contributed by atoms with Crippen molar-refractivity contribution in [2.75, 3.05) is 0 Å². The maximum atomic E-state index is 12.3. The molecule has 0 amide bonds. The molecule has 0 spiro atoms. The Bertz CT molecular complexity index is 627. The largest absolute Gasteiger partial charge is 0.481 e. The summed E-state index contributed by atoms with van der Waals surface area (Å²) in [5.41, 5.74) is 12.5. The normalized spacial score (nSPS) is 12.9. The molecule has 0 aliphatic rings. The van der Waals surface area contributed by atoms with E-state index < -0.39 is 24.0 Å². The summed E-state index contributed by atoms with van der Waals surface area (Å²) in [6.07, 6.45) is 2.92. The third-order valence-electron chi connectivity index (χ3n) is 4.44. The number of hydrogen-bond donors (Lipinski definition) is 4. The minimum absolute atomic E-state index is 0.0499. The van der Waals surface area contributed by atoms with Crippen LogP contribution in [0.3, 0.4) is 0 Å². The molecule has 6 N–H and O–H groups in total. The number of Topliss-reactive ketones (excluding diaryl/α,β-unsaturated/α-hetero) is 2. The Morgan fingerprint density at radius 1 is 0.679 bits per heavy atom. The average molecular weight is 392 g/mol. The zero-order valence-corrected chi connectivity index (χ0v) is 15.8. The van der Waals surface area contributed by atoms with E-state index in [9.17, 15) is 19.2 Å². The molecule has 1 aromatic carbocycles. The highest BCUT2D eigenvalue weighted by Crippen LogP contribution is 2.13. The van der Waals surface area contributed by atoms with Crippen molar-refractivity contribution in [3.05, 3.63) is 35.4 Å². The van der Waals surface area contributed by atoms with Crippen molar-refractivity contribution in [3.8, 4) is 0 Å². The van der Waals surface area contributed by atoms with E-state index in [0.29, 0.717) is 49.7 Å². The fraction of sp³-hybridized carbons (Fsp3) is 0.500. The Kier molecular flexibility index (Phi) is 10.0. The van der Waals surface area contributed by atoms with Crippen LogP contribution in [0.2, 0.25) is 0 Å². The van der Waals surface area contributed by atoms with Gasteiger partial charge in [-0.05, 0) is 25.7 Å². The molecule has 0 fully saturated rings. The van der Waals surface area contributed by atoms with Gasteiger partial charge in [0.05, 0.1) is 12.1 Å². The van der Waals surface area contributed by atoms with Gasteiger partial charge in [-0.1, -0.05) is 37.1 Å². The number of carboxylic acid groups (broad SMARTS) is 2. The van der Waals surface area contributed by atoms with Gasteiger partial charge in [0.2, 0.25) is 0 Å². The molecule has 0 aliphatic carbocycles. The lowest BCUT2D eigenvalue weighted by molar-refractivity contribution is -0.138. The Hall–Kier alpha value is -2.58. The van der Waals surface area contributed by atoms with Gasteiger partial charge in [0.1, 0.15) is 0 Å². The van der Waals surface area contributed by atoms with E-state index in [2.05, 4.69) is 0 Å². The molecule has 2 atom stereocenters. The summed E-state index contributed by atoms with van der Waals surface area (Å²) in [5.74, 6) is -2.26. The molecule has 2 unspecified atom stereocenters. The Morgan fingerprint density at radius 2 is 1.00 bits per heavy atom. The number of nitrogens with two attached hydrogens (primary N) is 2. The quantitative estimate of drug-likeness (QED) is 0.276. The van der Waals surface area contributed by atoms with Crippen molar-refractivity contribution in [3.63, 3.8) is 0 Å². The summed E-state index contributed by atoms with van der Waals surface area (Å²) in [4.78, 5) is 45.6. The van der Waals surface area contributed by atoms with Gasteiger partial charge in [0.15, 0.2) is 11.6 Å². The molecule has 1 aromatic rings. The Balaban J connectivity index is 2.52. The first-order valence-electron chi connectivity index (χ1n) is 9.35. The molecule has 0 saturated carbocycles. The maximum Gasteiger partial charge on any atom is 0.303 e. The van der Waals surface area contributed by atoms with Crippen LogP contribution in [0.15, 0.2) is 24.3 Å². The molecule has 0 radical (unpaired) electrons. The molecule has 0 aliphatic heterocycles. The predicted molar refractivity (Wildman–Crippen MR) is 103 cm³/mol. The number of ketones is 2. The van der Waals surface area contributed by atoms with Gasteiger partial charge >= 0.3 is 11.9 Å². The van der Waals surface area contributed by atoms with Gasteiger partial charge in [0, 0.05) is 24.0 Å². The molecule has 0 heterocycles. The summed E-state index contributed by atoms with van der Waals surface area (Å²) in [6, 6.07) is 4.69. The second-order valence-electron chi connectivity index (χ2n) is 6.80. The molecule has 8 heteroatoms. The van der Waals surface area contributed by atoms with Crippen molar-refractivity contribution in [2.45, 2.75) is 63.5 Å². The van der Waals surface area contributed by atoms with Crippen LogP contribution in [0.25, 0.3) is 0 Å². The zero-order chi connectivity index (χ0) is 21.1. The lowest BCUT2D eigenvalue weighted by Gasteiger charge is -2.12. The number of unbranched alkanes of at least 4 members (excludes halogenated alkanes) is 2. The smallest absolute Gasteiger partial charge is 0.303 e. The third kappa shape index (κ3) is 8.41. The van der Waals surface area contributed by atoms with E-state index in [-0.39, 0.29) is 24.4 Å². The fourth-order valence-electron chi connectivity index (χ4n) is 2.77. The highest BCUT2D eigenvalue weighted by Gasteiger charge is 2.18. The number of carbonyl (C=O) groups is 4. The van der Waals surface area contributed by atoms with Crippen LogP contribution in [-0.2, 0) is 9.59 Å². The van der Waals surface area contributed by atoms with E-state index in [1.165, 1.54) is 24.3 Å². The van der Waals surface area contributed by atoms with Gasteiger partial charge in [0.25, 0.3) is 0 Å². The van der Waals surface area contributed by atoms with Crippen LogP contribution in [-0.4, -0.2) is 45.8 Å². The summed E-state index contributed by atoms with van der Waals surface area (Å²) < 4.78 is 0. The topological polar surface area (TPSA) is 161 Å². The molecule has 0 bridgehead atoms. The standard InChI is InChI=1S/C20H28N2O6/c21-15(5-1-3-7-17(23)24)19(27)13-9-11-14(12-10-13)20(28)16(22)6-2-4-8-18(25)26/h9-12,15-16H,1-8,21-22H2,(H,23,24)(H,25,26). The molecule has 8 nitrogen and oxygen atoms in total. The van der Waals surface area contributed by atoms with Crippen molar-refractivity contribution < 1.29 is 29.4 Å². The van der Waals surface area contributed by atoms with E-state index >= 15 is 0 Å². The van der Waals surface area contributed by atoms with Gasteiger partial charge in [-0.15, -0.1) is 0 Å². The van der Waals surface area contributed by atoms with Crippen LogP contribution in [0.5, 0.6) is 0 Å². The van der Waals surface area contributed by atoms with Gasteiger partial charge in [-0.3, -0.25) is 19.2 Å². The predicted octanol–water partition coefficient (Wildman–Crippen LogP) is 2.00. The lowest BCUT2D eigenvalue weighted by atomic mass is 9.96. The summed E-state index contributed by atoms with van der Waals surface area (Å²) in [7, 11) is 0. The minimum Gasteiger partial charge on any atom is -0.481 e. The first-order chi connectivity index (χ1) is 13.2.